The largest absolute Gasteiger partial charge is 0.378 e. The Hall–Kier alpha value is -1.73. The molecule has 1 fully saturated rings. The molecule has 2 aliphatic rings. The molecule has 142 valence electrons. The van der Waals surface area contributed by atoms with Crippen LogP contribution in [0.5, 0.6) is 0 Å². The minimum absolute atomic E-state index is 0.101. The molecule has 1 aromatic rings. The van der Waals surface area contributed by atoms with Crippen LogP contribution in [0.4, 0.5) is 5.13 Å². The van der Waals surface area contributed by atoms with Crippen molar-refractivity contribution in [3.05, 3.63) is 22.7 Å². The van der Waals surface area contributed by atoms with Gasteiger partial charge in [0.05, 0.1) is 31.0 Å². The number of carbonyl (C=O) groups is 1. The summed E-state index contributed by atoms with van der Waals surface area (Å²) in [5.41, 5.74) is 5.88. The number of allylic oxidation sites excluding steroid dienone is 2. The van der Waals surface area contributed by atoms with Gasteiger partial charge in [-0.15, -0.1) is 11.3 Å². The molecule has 1 aromatic heterocycles. The van der Waals surface area contributed by atoms with E-state index < -0.39 is 0 Å². The first-order chi connectivity index (χ1) is 12.8. The highest BCUT2D eigenvalue weighted by molar-refractivity contribution is 7.13. The topological polar surface area (TPSA) is 66.8 Å². The highest BCUT2D eigenvalue weighted by Gasteiger charge is 2.16. The maximum absolute atomic E-state index is 12.2. The third-order valence-electron chi connectivity index (χ3n) is 4.67. The van der Waals surface area contributed by atoms with Crippen molar-refractivity contribution in [1.82, 2.24) is 10.4 Å². The highest BCUT2D eigenvalue weighted by atomic mass is 32.1. The predicted molar refractivity (Wildman–Crippen MR) is 106 cm³/mol. The molecule has 1 aliphatic heterocycles. The van der Waals surface area contributed by atoms with Gasteiger partial charge < -0.3 is 9.64 Å². The zero-order valence-corrected chi connectivity index (χ0v) is 16.3. The van der Waals surface area contributed by atoms with Gasteiger partial charge >= 0.3 is 0 Å². The Bertz CT molecular complexity index is 662. The van der Waals surface area contributed by atoms with E-state index in [0.717, 1.165) is 62.1 Å². The van der Waals surface area contributed by atoms with Crippen molar-refractivity contribution in [2.45, 2.75) is 51.9 Å². The van der Waals surface area contributed by atoms with Crippen molar-refractivity contribution in [3.8, 4) is 0 Å². The van der Waals surface area contributed by atoms with E-state index in [1.807, 2.05) is 5.38 Å². The van der Waals surface area contributed by atoms with Gasteiger partial charge in [0.25, 0.3) is 0 Å². The summed E-state index contributed by atoms with van der Waals surface area (Å²) < 4.78 is 5.36. The Kier molecular flexibility index (Phi) is 7.20. The van der Waals surface area contributed by atoms with E-state index in [9.17, 15) is 4.79 Å². The lowest BCUT2D eigenvalue weighted by molar-refractivity contribution is -0.120. The van der Waals surface area contributed by atoms with Gasteiger partial charge in [-0.05, 0) is 31.3 Å². The Morgan fingerprint density at radius 3 is 3.04 bits per heavy atom. The highest BCUT2D eigenvalue weighted by Crippen LogP contribution is 2.22. The molecule has 1 aliphatic carbocycles. The molecule has 0 saturated carbocycles. The molecular weight excluding hydrogens is 348 g/mol. The van der Waals surface area contributed by atoms with Crippen LogP contribution in [-0.4, -0.2) is 42.9 Å². The molecule has 0 spiro atoms. The number of morpholine rings is 1. The summed E-state index contributed by atoms with van der Waals surface area (Å²) in [4.78, 5) is 19.0. The lowest BCUT2D eigenvalue weighted by Gasteiger charge is -2.26. The third kappa shape index (κ3) is 5.38. The van der Waals surface area contributed by atoms with Crippen LogP contribution >= 0.6 is 11.3 Å². The Morgan fingerprint density at radius 2 is 2.23 bits per heavy atom. The summed E-state index contributed by atoms with van der Waals surface area (Å²) in [5, 5.41) is 7.31. The van der Waals surface area contributed by atoms with Crippen LogP contribution in [-0.2, 0) is 16.0 Å². The number of unbranched alkanes of at least 4 members (excludes halogenated alkanes) is 2. The van der Waals surface area contributed by atoms with Crippen LogP contribution in [0.25, 0.3) is 0 Å². The Balaban J connectivity index is 1.48. The van der Waals surface area contributed by atoms with Crippen LogP contribution in [0.1, 0.15) is 51.1 Å². The average Bonchev–Trinajstić information content (AvgIpc) is 3.30. The first kappa shape index (κ1) is 19.0. The molecule has 0 bridgehead atoms. The Morgan fingerprint density at radius 1 is 1.38 bits per heavy atom. The number of nitrogens with zero attached hydrogens (tertiary/aromatic N) is 3. The molecule has 1 saturated heterocycles. The van der Waals surface area contributed by atoms with Crippen molar-refractivity contribution in [2.24, 2.45) is 5.10 Å². The number of aromatic nitrogens is 1. The normalized spacial score (nSPS) is 19.0. The van der Waals surface area contributed by atoms with Crippen LogP contribution in [0.2, 0.25) is 0 Å². The maximum atomic E-state index is 12.2. The van der Waals surface area contributed by atoms with E-state index >= 15 is 0 Å². The summed E-state index contributed by atoms with van der Waals surface area (Å²) in [5.74, 6) is -0.101. The van der Waals surface area contributed by atoms with E-state index in [4.69, 9.17) is 4.74 Å². The molecule has 6 nitrogen and oxygen atoms in total. The number of hydrogen-bond acceptors (Lipinski definition) is 6. The van der Waals surface area contributed by atoms with E-state index in [1.165, 1.54) is 24.8 Å². The number of hydrazone groups is 1. The summed E-state index contributed by atoms with van der Waals surface area (Å²) in [7, 11) is 0. The zero-order valence-electron chi connectivity index (χ0n) is 15.5. The van der Waals surface area contributed by atoms with Gasteiger partial charge in [-0.1, -0.05) is 25.8 Å². The molecule has 0 radical (unpaired) electrons. The van der Waals surface area contributed by atoms with Gasteiger partial charge in [-0.2, -0.15) is 5.10 Å². The number of carbonyl (C=O) groups excluding carboxylic acids is 1. The molecule has 2 heterocycles. The van der Waals surface area contributed by atoms with Crippen LogP contribution < -0.4 is 10.3 Å². The first-order valence-electron chi connectivity index (χ1n) is 9.58. The first-order valence-corrected chi connectivity index (χ1v) is 10.5. The van der Waals surface area contributed by atoms with E-state index in [2.05, 4.69) is 33.4 Å². The SMILES string of the molecule is CCCCCC1=CCC/C1=N/NC(=O)Cc1csc(N2CCOCC2)n1. The number of nitrogens with one attached hydrogen (secondary N) is 1. The minimum atomic E-state index is -0.101. The smallest absolute Gasteiger partial charge is 0.246 e. The maximum Gasteiger partial charge on any atom is 0.246 e. The molecule has 0 atom stereocenters. The number of anilines is 1. The van der Waals surface area contributed by atoms with E-state index in [-0.39, 0.29) is 12.3 Å². The van der Waals surface area contributed by atoms with Gasteiger partial charge in [0.15, 0.2) is 5.13 Å². The van der Waals surface area contributed by atoms with Crippen LogP contribution in [0, 0.1) is 0 Å². The molecule has 1 N–H and O–H groups in total. The third-order valence-corrected chi connectivity index (χ3v) is 5.62. The summed E-state index contributed by atoms with van der Waals surface area (Å²) in [6, 6.07) is 0. The molecule has 1 amide bonds. The second kappa shape index (κ2) is 9.83. The van der Waals surface area contributed by atoms with E-state index in [0.29, 0.717) is 0 Å². The lowest BCUT2D eigenvalue weighted by Crippen LogP contribution is -2.36. The molecular formula is C19H28N4O2S. The summed E-state index contributed by atoms with van der Waals surface area (Å²) in [6.07, 6.45) is 9.21. The van der Waals surface area contributed by atoms with Gasteiger partial charge in [0.1, 0.15) is 0 Å². The minimum Gasteiger partial charge on any atom is -0.378 e. The van der Waals surface area contributed by atoms with E-state index in [1.54, 1.807) is 11.3 Å². The molecule has 0 unspecified atom stereocenters. The number of rotatable bonds is 8. The van der Waals surface area contributed by atoms with Crippen molar-refractivity contribution in [2.75, 3.05) is 31.2 Å². The monoisotopic (exact) mass is 376 g/mol. The molecule has 0 aromatic carbocycles. The molecule has 26 heavy (non-hydrogen) atoms. The number of hydrogen-bond donors (Lipinski definition) is 1. The van der Waals surface area contributed by atoms with Gasteiger partial charge in [-0.3, -0.25) is 4.79 Å². The quantitative estimate of drug-likeness (QED) is 0.558. The van der Waals surface area contributed by atoms with Crippen molar-refractivity contribution >= 4 is 28.1 Å². The number of amides is 1. The Labute approximate surface area is 159 Å². The van der Waals surface area contributed by atoms with Crippen molar-refractivity contribution in [1.29, 1.82) is 0 Å². The van der Waals surface area contributed by atoms with Crippen molar-refractivity contribution < 1.29 is 9.53 Å². The number of thiazole rings is 1. The second-order valence-corrected chi connectivity index (χ2v) is 7.55. The fourth-order valence-electron chi connectivity index (χ4n) is 3.21. The zero-order chi connectivity index (χ0) is 18.2. The van der Waals surface area contributed by atoms with Crippen LogP contribution in [0.15, 0.2) is 22.1 Å². The van der Waals surface area contributed by atoms with Crippen molar-refractivity contribution in [3.63, 3.8) is 0 Å². The molecule has 7 heteroatoms. The van der Waals surface area contributed by atoms with Gasteiger partial charge in [0.2, 0.25) is 5.91 Å². The second-order valence-electron chi connectivity index (χ2n) is 6.72. The van der Waals surface area contributed by atoms with Crippen LogP contribution in [0.3, 0.4) is 0 Å². The summed E-state index contributed by atoms with van der Waals surface area (Å²) >= 11 is 1.59. The fourth-order valence-corrected chi connectivity index (χ4v) is 4.09. The standard InChI is InChI=1S/C19H28N4O2S/c1-2-3-4-6-15-7-5-8-17(15)21-22-18(24)13-16-14-26-19(20-16)23-9-11-25-12-10-23/h7,14H,2-6,8-13H2,1H3,(H,22,24)/b21-17-. The molecule has 3 rings (SSSR count). The van der Waals surface area contributed by atoms with Gasteiger partial charge in [0, 0.05) is 18.5 Å². The predicted octanol–water partition coefficient (Wildman–Crippen LogP) is 3.29. The van der Waals surface area contributed by atoms with Gasteiger partial charge in [-0.25, -0.2) is 10.4 Å². The fraction of sp³-hybridized carbons (Fsp3) is 0.632. The number of ether oxygens (including phenoxy) is 1. The average molecular weight is 377 g/mol. The summed E-state index contributed by atoms with van der Waals surface area (Å²) in [6.45, 7) is 5.41. The lowest BCUT2D eigenvalue weighted by atomic mass is 10.1.